The Hall–Kier alpha value is -2.03. The van der Waals surface area contributed by atoms with Crippen molar-refractivity contribution in [2.45, 2.75) is 35.6 Å². The van der Waals surface area contributed by atoms with Crippen LogP contribution in [0.1, 0.15) is 24.2 Å². The van der Waals surface area contributed by atoms with E-state index in [1.54, 1.807) is 59.8 Å². The lowest BCUT2D eigenvalue weighted by Gasteiger charge is -2.07. The van der Waals surface area contributed by atoms with E-state index in [9.17, 15) is 8.42 Å². The van der Waals surface area contributed by atoms with Crippen LogP contribution in [0.3, 0.4) is 0 Å². The van der Waals surface area contributed by atoms with Crippen LogP contribution in [0.25, 0.3) is 0 Å². The Labute approximate surface area is 186 Å². The molecule has 0 aliphatic carbocycles. The van der Waals surface area contributed by atoms with Crippen molar-refractivity contribution >= 4 is 33.2 Å². The second-order valence-electron chi connectivity index (χ2n) is 6.89. The maximum absolute atomic E-state index is 12.6. The molecule has 6 nitrogen and oxygen atoms in total. The second-order valence-corrected chi connectivity index (χ2v) is 10.4. The Bertz CT molecular complexity index is 1070. The number of benzene rings is 2. The van der Waals surface area contributed by atoms with E-state index in [1.165, 1.54) is 0 Å². The first-order valence-corrected chi connectivity index (χ1v) is 12.6. The van der Waals surface area contributed by atoms with E-state index in [1.807, 2.05) is 19.1 Å². The zero-order valence-electron chi connectivity index (χ0n) is 16.9. The van der Waals surface area contributed by atoms with Crippen LogP contribution in [-0.2, 0) is 22.6 Å². The number of ether oxygens (including phenoxy) is 1. The number of hydrogen-bond donors (Lipinski definition) is 0. The van der Waals surface area contributed by atoms with Gasteiger partial charge < -0.3 is 9.30 Å². The molecule has 0 aliphatic heterocycles. The number of halogens is 1. The quantitative estimate of drug-likeness (QED) is 0.319. The normalized spacial score (nSPS) is 11.6. The molecule has 9 heteroatoms. The van der Waals surface area contributed by atoms with Gasteiger partial charge in [0.1, 0.15) is 17.3 Å². The maximum Gasteiger partial charge on any atom is 0.190 e. The van der Waals surface area contributed by atoms with E-state index >= 15 is 0 Å². The largest absolute Gasteiger partial charge is 0.494 e. The molecule has 0 bridgehead atoms. The molecule has 3 aromatic rings. The summed E-state index contributed by atoms with van der Waals surface area (Å²) < 4.78 is 32.7. The van der Waals surface area contributed by atoms with Gasteiger partial charge in [-0.2, -0.15) is 0 Å². The van der Waals surface area contributed by atoms with E-state index < -0.39 is 9.84 Å². The zero-order valence-corrected chi connectivity index (χ0v) is 19.3. The summed E-state index contributed by atoms with van der Waals surface area (Å²) in [5.74, 6) is 1.92. The van der Waals surface area contributed by atoms with Gasteiger partial charge in [-0.05, 0) is 56.2 Å². The minimum atomic E-state index is -3.46. The Morgan fingerprint density at radius 1 is 1.03 bits per heavy atom. The molecule has 1 heterocycles. The summed E-state index contributed by atoms with van der Waals surface area (Å²) in [5, 5.41) is 9.63. The smallest absolute Gasteiger partial charge is 0.190 e. The highest BCUT2D eigenvalue weighted by Gasteiger charge is 2.20. The van der Waals surface area contributed by atoms with Gasteiger partial charge in [-0.25, -0.2) is 8.42 Å². The summed E-state index contributed by atoms with van der Waals surface area (Å²) in [4.78, 5) is 0.297. The van der Waals surface area contributed by atoms with Gasteiger partial charge >= 0.3 is 0 Å². The highest BCUT2D eigenvalue weighted by molar-refractivity contribution is 7.99. The molecule has 1 aromatic heterocycles. The summed E-state index contributed by atoms with van der Waals surface area (Å²) in [6.45, 7) is 2.55. The molecule has 30 heavy (non-hydrogen) atoms. The number of aryl methyl sites for hydroxylation is 1. The molecular weight excluding hydrogens is 442 g/mol. The molecule has 0 amide bonds. The number of aromatic nitrogens is 3. The molecule has 2 aromatic carbocycles. The average molecular weight is 466 g/mol. The molecule has 0 unspecified atom stereocenters. The first-order chi connectivity index (χ1) is 14.3. The number of hydrogen-bond acceptors (Lipinski definition) is 6. The van der Waals surface area contributed by atoms with Gasteiger partial charge in [0.25, 0.3) is 0 Å². The topological polar surface area (TPSA) is 74.1 Å². The van der Waals surface area contributed by atoms with Crippen LogP contribution >= 0.6 is 23.4 Å². The van der Waals surface area contributed by atoms with Gasteiger partial charge in [0.15, 0.2) is 15.0 Å². The van der Waals surface area contributed by atoms with Crippen LogP contribution in [-0.4, -0.2) is 35.5 Å². The molecule has 0 radical (unpaired) electrons. The monoisotopic (exact) mass is 465 g/mol. The zero-order chi connectivity index (χ0) is 21.6. The Balaban J connectivity index is 1.45. The van der Waals surface area contributed by atoms with Gasteiger partial charge in [0, 0.05) is 17.8 Å². The number of sulfone groups is 1. The van der Waals surface area contributed by atoms with E-state index in [4.69, 9.17) is 16.3 Å². The lowest BCUT2D eigenvalue weighted by Crippen LogP contribution is -2.09. The summed E-state index contributed by atoms with van der Waals surface area (Å²) >= 11 is 7.42. The standard InChI is InChI=1S/C21H24ClN3O3S2/c1-16-5-11-19(12-6-16)30(26,27)15-20-23-24-21(25(20)2)29-14-4-3-13-28-18-9-7-17(22)8-10-18/h5-12H,3-4,13-15H2,1-2H3. The number of rotatable bonds is 10. The van der Waals surface area contributed by atoms with Gasteiger partial charge in [-0.3, -0.25) is 0 Å². The lowest BCUT2D eigenvalue weighted by molar-refractivity contribution is 0.310. The third kappa shape index (κ3) is 6.23. The third-order valence-corrected chi connectivity index (χ3v) is 7.46. The van der Waals surface area contributed by atoms with Crippen LogP contribution < -0.4 is 4.74 Å². The first kappa shape index (κ1) is 22.7. The molecule has 3 rings (SSSR count). The fourth-order valence-electron chi connectivity index (χ4n) is 2.68. The molecule has 0 spiro atoms. The van der Waals surface area contributed by atoms with E-state index in [0.29, 0.717) is 27.5 Å². The van der Waals surface area contributed by atoms with E-state index in [0.717, 1.165) is 29.9 Å². The SMILES string of the molecule is Cc1ccc(S(=O)(=O)Cc2nnc(SCCCCOc3ccc(Cl)cc3)n2C)cc1. The van der Waals surface area contributed by atoms with Crippen molar-refractivity contribution < 1.29 is 13.2 Å². The van der Waals surface area contributed by atoms with Crippen molar-refractivity contribution in [1.29, 1.82) is 0 Å². The van der Waals surface area contributed by atoms with Crippen LogP contribution in [0.5, 0.6) is 5.75 Å². The Morgan fingerprint density at radius 3 is 2.43 bits per heavy atom. The summed E-state index contributed by atoms with van der Waals surface area (Å²) in [6, 6.07) is 14.1. The second kappa shape index (κ2) is 10.3. The molecule has 0 atom stereocenters. The Morgan fingerprint density at radius 2 is 1.73 bits per heavy atom. The maximum atomic E-state index is 12.6. The molecule has 0 aliphatic rings. The van der Waals surface area contributed by atoms with Crippen LogP contribution in [0.15, 0.2) is 58.6 Å². The lowest BCUT2D eigenvalue weighted by atomic mass is 10.2. The van der Waals surface area contributed by atoms with Crippen molar-refractivity contribution in [3.63, 3.8) is 0 Å². The van der Waals surface area contributed by atoms with Gasteiger partial charge in [0.2, 0.25) is 0 Å². The van der Waals surface area contributed by atoms with Crippen molar-refractivity contribution in [2.75, 3.05) is 12.4 Å². The van der Waals surface area contributed by atoms with Crippen molar-refractivity contribution in [3.8, 4) is 5.75 Å². The molecule has 0 saturated carbocycles. The summed E-state index contributed by atoms with van der Waals surface area (Å²) in [5.41, 5.74) is 1.02. The van der Waals surface area contributed by atoms with Crippen molar-refractivity contribution in [3.05, 3.63) is 64.9 Å². The predicted molar refractivity (Wildman–Crippen MR) is 120 cm³/mol. The first-order valence-electron chi connectivity index (χ1n) is 9.54. The van der Waals surface area contributed by atoms with Crippen LogP contribution in [0.2, 0.25) is 5.02 Å². The van der Waals surface area contributed by atoms with E-state index in [-0.39, 0.29) is 5.75 Å². The number of nitrogens with zero attached hydrogens (tertiary/aromatic N) is 3. The van der Waals surface area contributed by atoms with Crippen molar-refractivity contribution in [1.82, 2.24) is 14.8 Å². The van der Waals surface area contributed by atoms with E-state index in [2.05, 4.69) is 10.2 Å². The van der Waals surface area contributed by atoms with Crippen molar-refractivity contribution in [2.24, 2.45) is 7.05 Å². The summed E-state index contributed by atoms with van der Waals surface area (Å²) in [7, 11) is -1.66. The molecule has 0 N–H and O–H groups in total. The highest BCUT2D eigenvalue weighted by atomic mass is 35.5. The molecule has 160 valence electrons. The molecule has 0 fully saturated rings. The van der Waals surface area contributed by atoms with Gasteiger partial charge in [0.05, 0.1) is 11.5 Å². The molecular formula is C21H24ClN3O3S2. The predicted octanol–water partition coefficient (Wildman–Crippen LogP) is 4.70. The average Bonchev–Trinajstić information content (AvgIpc) is 3.05. The van der Waals surface area contributed by atoms with Gasteiger partial charge in [-0.1, -0.05) is 41.1 Å². The minimum absolute atomic E-state index is 0.172. The minimum Gasteiger partial charge on any atom is -0.494 e. The van der Waals surface area contributed by atoms with Crippen LogP contribution in [0.4, 0.5) is 0 Å². The fourth-order valence-corrected chi connectivity index (χ4v) is 5.05. The third-order valence-electron chi connectivity index (χ3n) is 4.48. The Kier molecular flexibility index (Phi) is 7.80. The molecule has 0 saturated heterocycles. The fraction of sp³-hybridized carbons (Fsp3) is 0.333. The summed E-state index contributed by atoms with van der Waals surface area (Å²) in [6.07, 6.45) is 1.85. The van der Waals surface area contributed by atoms with Crippen LogP contribution in [0, 0.1) is 6.92 Å². The van der Waals surface area contributed by atoms with Gasteiger partial charge in [-0.15, -0.1) is 10.2 Å². The highest BCUT2D eigenvalue weighted by Crippen LogP contribution is 2.21. The number of unbranched alkanes of at least 4 members (excludes halogenated alkanes) is 1. The number of thioether (sulfide) groups is 1.